The van der Waals surface area contributed by atoms with E-state index in [9.17, 15) is 13.2 Å². The molecule has 0 radical (unpaired) electrons. The third kappa shape index (κ3) is 5.46. The maximum absolute atomic E-state index is 13.2. The van der Waals surface area contributed by atoms with Crippen molar-refractivity contribution >= 4 is 38.8 Å². The van der Waals surface area contributed by atoms with Crippen LogP contribution in [0.1, 0.15) is 32.6 Å². The van der Waals surface area contributed by atoms with Gasteiger partial charge in [-0.25, -0.2) is 13.4 Å². The van der Waals surface area contributed by atoms with Crippen LogP contribution in [0, 0.1) is 5.92 Å². The number of likely N-dealkylation sites (tertiary alicyclic amines) is 1. The molecule has 0 unspecified atom stereocenters. The van der Waals surface area contributed by atoms with Gasteiger partial charge in [-0.2, -0.15) is 0 Å². The minimum absolute atomic E-state index is 0.0454. The number of amides is 1. The number of piperidine rings is 1. The summed E-state index contributed by atoms with van der Waals surface area (Å²) < 4.78 is 31.9. The summed E-state index contributed by atoms with van der Waals surface area (Å²) >= 11 is 0. The second-order valence-electron chi connectivity index (χ2n) is 10.5. The zero-order chi connectivity index (χ0) is 26.2. The zero-order valence-corrected chi connectivity index (χ0v) is 22.7. The van der Waals surface area contributed by atoms with Crippen LogP contribution in [0.25, 0.3) is 0 Å². The van der Waals surface area contributed by atoms with Gasteiger partial charge in [0, 0.05) is 32.0 Å². The lowest BCUT2D eigenvalue weighted by Crippen LogP contribution is -2.56. The number of likely N-dealkylation sites (N-methyl/N-ethyl adjacent to an activating group) is 1. The van der Waals surface area contributed by atoms with Crippen molar-refractivity contribution in [3.8, 4) is 0 Å². The van der Waals surface area contributed by atoms with Crippen LogP contribution in [-0.2, 0) is 19.4 Å². The first-order chi connectivity index (χ1) is 17.7. The molecular formula is C27H37N5O4S. The number of sulfone groups is 1. The number of carbonyl (C=O) groups is 1. The third-order valence-electron chi connectivity index (χ3n) is 7.91. The highest BCUT2D eigenvalue weighted by Crippen LogP contribution is 2.38. The van der Waals surface area contributed by atoms with Gasteiger partial charge in [-0.3, -0.25) is 4.79 Å². The van der Waals surface area contributed by atoms with Gasteiger partial charge in [0.1, 0.15) is 11.9 Å². The lowest BCUT2D eigenvalue weighted by molar-refractivity contribution is -0.119. The average molecular weight is 528 g/mol. The van der Waals surface area contributed by atoms with E-state index in [0.717, 1.165) is 50.3 Å². The lowest BCUT2D eigenvalue weighted by Gasteiger charge is -2.44. The van der Waals surface area contributed by atoms with Gasteiger partial charge in [0.05, 0.1) is 16.3 Å². The van der Waals surface area contributed by atoms with E-state index in [2.05, 4.69) is 22.2 Å². The summed E-state index contributed by atoms with van der Waals surface area (Å²) in [5.41, 5.74) is 1.44. The van der Waals surface area contributed by atoms with Crippen LogP contribution in [-0.4, -0.2) is 82.4 Å². The van der Waals surface area contributed by atoms with Crippen LogP contribution in [0.5, 0.6) is 0 Å². The van der Waals surface area contributed by atoms with Gasteiger partial charge in [-0.1, -0.05) is 6.07 Å². The second-order valence-corrected chi connectivity index (χ2v) is 12.6. The molecule has 2 fully saturated rings. The van der Waals surface area contributed by atoms with Gasteiger partial charge in [0.15, 0.2) is 15.7 Å². The number of rotatable bonds is 6. The molecule has 1 N–H and O–H groups in total. The number of pyridine rings is 1. The molecule has 3 aliphatic rings. The Kier molecular flexibility index (Phi) is 7.42. The SMILES string of the molecule is C[C@@H]1C(=O)N(C)c2ccc(Nc3cccc(S(=O)(=O)CC4CCN(C)CC4)c3)nc2N1C1CCOCC1. The molecule has 3 aliphatic heterocycles. The molecule has 1 atom stereocenters. The van der Waals surface area contributed by atoms with E-state index in [1.165, 1.54) is 0 Å². The van der Waals surface area contributed by atoms with Gasteiger partial charge in [0.25, 0.3) is 0 Å². The summed E-state index contributed by atoms with van der Waals surface area (Å²) in [5, 5.41) is 3.30. The third-order valence-corrected chi connectivity index (χ3v) is 9.79. The number of aromatic nitrogens is 1. The number of hydrogen-bond acceptors (Lipinski definition) is 8. The Balaban J connectivity index is 1.38. The molecule has 0 bridgehead atoms. The summed E-state index contributed by atoms with van der Waals surface area (Å²) in [6, 6.07) is 10.6. The van der Waals surface area contributed by atoms with Crippen LogP contribution in [0.2, 0.25) is 0 Å². The molecule has 200 valence electrons. The Bertz CT molecular complexity index is 1240. The molecule has 2 aromatic rings. The first kappa shape index (κ1) is 25.9. The summed E-state index contributed by atoms with van der Waals surface area (Å²) in [5.74, 6) is 1.79. The molecule has 1 aromatic heterocycles. The van der Waals surface area contributed by atoms with Crippen molar-refractivity contribution < 1.29 is 17.9 Å². The Labute approximate surface area is 219 Å². The van der Waals surface area contributed by atoms with E-state index in [1.54, 1.807) is 30.1 Å². The zero-order valence-electron chi connectivity index (χ0n) is 21.9. The fourth-order valence-corrected chi connectivity index (χ4v) is 7.41. The Hall–Kier alpha value is -2.69. The topological polar surface area (TPSA) is 95.1 Å². The van der Waals surface area contributed by atoms with E-state index < -0.39 is 9.84 Å². The van der Waals surface area contributed by atoms with Crippen molar-refractivity contribution in [1.82, 2.24) is 9.88 Å². The number of carbonyl (C=O) groups excluding carboxylic acids is 1. The highest BCUT2D eigenvalue weighted by Gasteiger charge is 2.39. The number of nitrogens with zero attached hydrogens (tertiary/aromatic N) is 4. The van der Waals surface area contributed by atoms with Crippen molar-refractivity contribution in [2.24, 2.45) is 5.92 Å². The Morgan fingerprint density at radius 1 is 1.05 bits per heavy atom. The number of fused-ring (bicyclic) bond motifs is 1. The normalized spacial score (nSPS) is 22.2. The van der Waals surface area contributed by atoms with E-state index in [1.807, 2.05) is 25.1 Å². The quantitative estimate of drug-likeness (QED) is 0.612. The standard InChI is InChI=1S/C27H37N5O4S/c1-19-27(33)31(3)24-7-8-25(29-26(24)32(19)22-11-15-36-16-12-22)28-21-5-4-6-23(17-21)37(34,35)18-20-9-13-30(2)14-10-20/h4-8,17,19-20,22H,9-16,18H2,1-3H3,(H,28,29)/t19-/m1/s1. The predicted octanol–water partition coefficient (Wildman–Crippen LogP) is 3.29. The molecule has 37 heavy (non-hydrogen) atoms. The number of benzene rings is 1. The maximum Gasteiger partial charge on any atom is 0.249 e. The number of ether oxygens (including phenoxy) is 1. The first-order valence-electron chi connectivity index (χ1n) is 13.2. The molecule has 1 amide bonds. The van der Waals surface area contributed by atoms with E-state index in [0.29, 0.717) is 29.6 Å². The van der Waals surface area contributed by atoms with Gasteiger partial charge < -0.3 is 24.8 Å². The minimum atomic E-state index is -3.39. The molecule has 1 aromatic carbocycles. The Morgan fingerprint density at radius 2 is 1.78 bits per heavy atom. The molecule has 0 saturated carbocycles. The highest BCUT2D eigenvalue weighted by atomic mass is 32.2. The van der Waals surface area contributed by atoms with Gasteiger partial charge in [-0.15, -0.1) is 0 Å². The van der Waals surface area contributed by atoms with Crippen molar-refractivity contribution in [3.63, 3.8) is 0 Å². The van der Waals surface area contributed by atoms with Crippen molar-refractivity contribution in [1.29, 1.82) is 0 Å². The van der Waals surface area contributed by atoms with E-state index in [-0.39, 0.29) is 29.7 Å². The Morgan fingerprint density at radius 3 is 2.51 bits per heavy atom. The fraction of sp³-hybridized carbons (Fsp3) is 0.556. The summed E-state index contributed by atoms with van der Waals surface area (Å²) in [6.45, 7) is 5.15. The molecular weight excluding hydrogens is 490 g/mol. The number of anilines is 4. The molecule has 0 spiro atoms. The van der Waals surface area contributed by atoms with E-state index in [4.69, 9.17) is 9.72 Å². The molecule has 5 rings (SSSR count). The lowest BCUT2D eigenvalue weighted by atomic mass is 10.00. The van der Waals surface area contributed by atoms with Crippen LogP contribution in [0.15, 0.2) is 41.3 Å². The summed E-state index contributed by atoms with van der Waals surface area (Å²) in [6.07, 6.45) is 3.51. The van der Waals surface area contributed by atoms with Crippen LogP contribution < -0.4 is 15.1 Å². The number of nitrogens with one attached hydrogen (secondary N) is 1. The molecule has 10 heteroatoms. The predicted molar refractivity (Wildman–Crippen MR) is 145 cm³/mol. The van der Waals surface area contributed by atoms with Crippen LogP contribution in [0.3, 0.4) is 0 Å². The second kappa shape index (κ2) is 10.6. The van der Waals surface area contributed by atoms with Crippen LogP contribution >= 0.6 is 0 Å². The van der Waals surface area contributed by atoms with Gasteiger partial charge in [0.2, 0.25) is 5.91 Å². The van der Waals surface area contributed by atoms with Crippen molar-refractivity contribution in [2.45, 2.75) is 49.6 Å². The summed E-state index contributed by atoms with van der Waals surface area (Å²) in [4.78, 5) is 24.3. The largest absolute Gasteiger partial charge is 0.381 e. The fourth-order valence-electron chi connectivity index (χ4n) is 5.67. The van der Waals surface area contributed by atoms with Crippen LogP contribution in [0.4, 0.5) is 23.0 Å². The molecule has 0 aliphatic carbocycles. The van der Waals surface area contributed by atoms with Crippen molar-refractivity contribution in [3.05, 3.63) is 36.4 Å². The molecule has 9 nitrogen and oxygen atoms in total. The van der Waals surface area contributed by atoms with Gasteiger partial charge >= 0.3 is 0 Å². The highest BCUT2D eigenvalue weighted by molar-refractivity contribution is 7.91. The molecule has 4 heterocycles. The average Bonchev–Trinajstić information content (AvgIpc) is 2.89. The minimum Gasteiger partial charge on any atom is -0.381 e. The summed E-state index contributed by atoms with van der Waals surface area (Å²) in [7, 11) is 0.468. The van der Waals surface area contributed by atoms with Crippen molar-refractivity contribution in [2.75, 3.05) is 61.3 Å². The number of hydrogen-bond donors (Lipinski definition) is 1. The van der Waals surface area contributed by atoms with Gasteiger partial charge in [-0.05, 0) is 89.0 Å². The molecule has 2 saturated heterocycles. The monoisotopic (exact) mass is 527 g/mol. The smallest absolute Gasteiger partial charge is 0.249 e. The maximum atomic E-state index is 13.2. The first-order valence-corrected chi connectivity index (χ1v) is 14.8. The van der Waals surface area contributed by atoms with E-state index >= 15 is 0 Å².